The number of ether oxygens (including phenoxy) is 2. The molecule has 2 aromatic rings. The normalized spacial score (nSPS) is 10.1. The minimum atomic E-state index is -0.756. The van der Waals surface area contributed by atoms with Gasteiger partial charge in [-0.3, -0.25) is 4.79 Å². The zero-order valence-corrected chi connectivity index (χ0v) is 14.7. The van der Waals surface area contributed by atoms with Crippen LogP contribution in [0.1, 0.15) is 27.6 Å². The van der Waals surface area contributed by atoms with E-state index in [1.807, 2.05) is 0 Å². The molecule has 0 atom stereocenters. The second-order valence-corrected chi connectivity index (χ2v) is 5.56. The molecule has 2 aromatic carbocycles. The summed E-state index contributed by atoms with van der Waals surface area (Å²) < 4.78 is 9.87. The highest BCUT2D eigenvalue weighted by atomic mass is 35.5. The lowest BCUT2D eigenvalue weighted by atomic mass is 10.2. The molecule has 3 N–H and O–H groups in total. The number of amides is 1. The van der Waals surface area contributed by atoms with Crippen LogP contribution in [0.15, 0.2) is 42.5 Å². The number of nitrogen functional groups attached to an aromatic ring is 1. The van der Waals surface area contributed by atoms with Crippen molar-refractivity contribution in [3.05, 3.63) is 58.6 Å². The zero-order valence-electron chi connectivity index (χ0n) is 14.0. The second-order valence-electron chi connectivity index (χ2n) is 5.12. The molecule has 0 aliphatic rings. The van der Waals surface area contributed by atoms with Crippen molar-refractivity contribution in [2.45, 2.75) is 6.92 Å². The Morgan fingerprint density at radius 1 is 1.04 bits per heavy atom. The summed E-state index contributed by atoms with van der Waals surface area (Å²) in [5.74, 6) is -1.93. The lowest BCUT2D eigenvalue weighted by Crippen LogP contribution is -2.22. The highest BCUT2D eigenvalue weighted by molar-refractivity contribution is 6.31. The number of anilines is 2. The van der Waals surface area contributed by atoms with Gasteiger partial charge in [-0.1, -0.05) is 23.7 Å². The molecule has 7 nitrogen and oxygen atoms in total. The van der Waals surface area contributed by atoms with E-state index in [1.165, 1.54) is 24.3 Å². The summed E-state index contributed by atoms with van der Waals surface area (Å²) in [6.45, 7) is 1.35. The zero-order chi connectivity index (χ0) is 19.1. The summed E-state index contributed by atoms with van der Waals surface area (Å²) in [4.78, 5) is 35.9. The third-order valence-electron chi connectivity index (χ3n) is 3.26. The number of hydrogen-bond acceptors (Lipinski definition) is 6. The van der Waals surface area contributed by atoms with E-state index in [4.69, 9.17) is 26.8 Å². The minimum Gasteiger partial charge on any atom is -0.462 e. The molecule has 26 heavy (non-hydrogen) atoms. The molecule has 2 rings (SSSR count). The Kier molecular flexibility index (Phi) is 6.57. The number of esters is 2. The molecule has 0 saturated carbocycles. The van der Waals surface area contributed by atoms with E-state index in [9.17, 15) is 14.4 Å². The molecule has 0 aliphatic carbocycles. The molecule has 8 heteroatoms. The van der Waals surface area contributed by atoms with E-state index >= 15 is 0 Å². The second kappa shape index (κ2) is 8.87. The van der Waals surface area contributed by atoms with Gasteiger partial charge in [-0.15, -0.1) is 0 Å². The molecule has 0 bridgehead atoms. The van der Waals surface area contributed by atoms with Crippen LogP contribution in [0.5, 0.6) is 0 Å². The SMILES string of the molecule is CCOC(=O)c1ccccc1NC(=O)COC(=O)c1ccc(Cl)cc1N. The monoisotopic (exact) mass is 376 g/mol. The van der Waals surface area contributed by atoms with Crippen LogP contribution in [-0.2, 0) is 14.3 Å². The van der Waals surface area contributed by atoms with Crippen molar-refractivity contribution >= 4 is 40.8 Å². The van der Waals surface area contributed by atoms with Gasteiger partial charge in [0.1, 0.15) is 0 Å². The van der Waals surface area contributed by atoms with Gasteiger partial charge in [-0.25, -0.2) is 9.59 Å². The van der Waals surface area contributed by atoms with E-state index < -0.39 is 24.5 Å². The Balaban J connectivity index is 1.99. The molecule has 0 spiro atoms. The van der Waals surface area contributed by atoms with Crippen LogP contribution in [0.25, 0.3) is 0 Å². The Morgan fingerprint density at radius 2 is 1.73 bits per heavy atom. The van der Waals surface area contributed by atoms with Crippen LogP contribution >= 0.6 is 11.6 Å². The van der Waals surface area contributed by atoms with Gasteiger partial charge >= 0.3 is 11.9 Å². The van der Waals surface area contributed by atoms with Crippen LogP contribution in [0, 0.1) is 0 Å². The van der Waals surface area contributed by atoms with Crippen LogP contribution in [0.4, 0.5) is 11.4 Å². The van der Waals surface area contributed by atoms with Crippen LogP contribution < -0.4 is 11.1 Å². The first-order chi connectivity index (χ1) is 12.4. The van der Waals surface area contributed by atoms with Crippen molar-refractivity contribution in [2.75, 3.05) is 24.3 Å². The Labute approximate surface area is 155 Å². The van der Waals surface area contributed by atoms with Crippen molar-refractivity contribution in [2.24, 2.45) is 0 Å². The van der Waals surface area contributed by atoms with E-state index in [0.29, 0.717) is 5.02 Å². The Bertz CT molecular complexity index is 838. The number of benzene rings is 2. The van der Waals surface area contributed by atoms with E-state index in [-0.39, 0.29) is 29.1 Å². The van der Waals surface area contributed by atoms with Crippen molar-refractivity contribution < 1.29 is 23.9 Å². The fraction of sp³-hybridized carbons (Fsp3) is 0.167. The Morgan fingerprint density at radius 3 is 2.42 bits per heavy atom. The molecule has 136 valence electrons. The van der Waals surface area contributed by atoms with Gasteiger partial charge < -0.3 is 20.5 Å². The van der Waals surface area contributed by atoms with Crippen molar-refractivity contribution in [3.63, 3.8) is 0 Å². The summed E-state index contributed by atoms with van der Waals surface area (Å²) in [7, 11) is 0. The fourth-order valence-corrected chi connectivity index (χ4v) is 2.27. The summed E-state index contributed by atoms with van der Waals surface area (Å²) in [5, 5.41) is 2.89. The number of nitrogens with one attached hydrogen (secondary N) is 1. The lowest BCUT2D eigenvalue weighted by molar-refractivity contribution is -0.119. The van der Waals surface area contributed by atoms with Crippen molar-refractivity contribution in [3.8, 4) is 0 Å². The first kappa shape index (κ1) is 19.3. The van der Waals surface area contributed by atoms with Gasteiger partial charge in [0.25, 0.3) is 5.91 Å². The summed E-state index contributed by atoms with van der Waals surface area (Å²) >= 11 is 5.77. The molecule has 0 heterocycles. The standard InChI is InChI=1S/C18H17ClN2O5/c1-2-25-18(24)13-5-3-4-6-15(13)21-16(22)10-26-17(23)12-8-7-11(19)9-14(12)20/h3-9H,2,10,20H2,1H3,(H,21,22). The predicted octanol–water partition coefficient (Wildman–Crippen LogP) is 2.89. The number of carbonyl (C=O) groups is 3. The average molecular weight is 377 g/mol. The van der Waals surface area contributed by atoms with Crippen molar-refractivity contribution in [1.29, 1.82) is 0 Å². The molecular formula is C18H17ClN2O5. The maximum atomic E-state index is 12.0. The first-order valence-corrected chi connectivity index (χ1v) is 8.08. The highest BCUT2D eigenvalue weighted by Crippen LogP contribution is 2.19. The average Bonchev–Trinajstić information content (AvgIpc) is 2.60. The topological polar surface area (TPSA) is 108 Å². The summed E-state index contributed by atoms with van der Waals surface area (Å²) in [6, 6.07) is 10.7. The molecule has 0 radical (unpaired) electrons. The van der Waals surface area contributed by atoms with E-state index in [2.05, 4.69) is 5.32 Å². The third-order valence-corrected chi connectivity index (χ3v) is 3.50. The largest absolute Gasteiger partial charge is 0.462 e. The molecule has 1 amide bonds. The summed E-state index contributed by atoms with van der Waals surface area (Å²) in [5.41, 5.74) is 6.42. The van der Waals surface area contributed by atoms with E-state index in [1.54, 1.807) is 25.1 Å². The van der Waals surface area contributed by atoms with Crippen LogP contribution in [-0.4, -0.2) is 31.1 Å². The van der Waals surface area contributed by atoms with Gasteiger partial charge in [-0.2, -0.15) is 0 Å². The first-order valence-electron chi connectivity index (χ1n) is 7.70. The number of para-hydroxylation sites is 1. The number of nitrogens with two attached hydrogens (primary N) is 1. The van der Waals surface area contributed by atoms with Gasteiger partial charge in [0.2, 0.25) is 0 Å². The molecule has 0 saturated heterocycles. The van der Waals surface area contributed by atoms with Crippen LogP contribution in [0.3, 0.4) is 0 Å². The maximum Gasteiger partial charge on any atom is 0.340 e. The van der Waals surface area contributed by atoms with Crippen molar-refractivity contribution in [1.82, 2.24) is 0 Å². The van der Waals surface area contributed by atoms with Gasteiger partial charge in [-0.05, 0) is 37.3 Å². The highest BCUT2D eigenvalue weighted by Gasteiger charge is 2.16. The quantitative estimate of drug-likeness (QED) is 0.592. The molecule has 0 unspecified atom stereocenters. The van der Waals surface area contributed by atoms with E-state index in [0.717, 1.165) is 0 Å². The summed E-state index contributed by atoms with van der Waals surface area (Å²) in [6.07, 6.45) is 0. The minimum absolute atomic E-state index is 0.106. The van der Waals surface area contributed by atoms with Crippen LogP contribution in [0.2, 0.25) is 5.02 Å². The smallest absolute Gasteiger partial charge is 0.340 e. The number of halogens is 1. The van der Waals surface area contributed by atoms with Gasteiger partial charge in [0, 0.05) is 10.7 Å². The lowest BCUT2D eigenvalue weighted by Gasteiger charge is -2.11. The molecule has 0 fully saturated rings. The van der Waals surface area contributed by atoms with Gasteiger partial charge in [0.15, 0.2) is 6.61 Å². The molecular weight excluding hydrogens is 360 g/mol. The number of carbonyl (C=O) groups excluding carboxylic acids is 3. The van der Waals surface area contributed by atoms with Gasteiger partial charge in [0.05, 0.1) is 23.4 Å². The maximum absolute atomic E-state index is 12.0. The fourth-order valence-electron chi connectivity index (χ4n) is 2.09. The number of hydrogen-bond donors (Lipinski definition) is 2. The molecule has 0 aliphatic heterocycles. The molecule has 0 aromatic heterocycles. The predicted molar refractivity (Wildman–Crippen MR) is 97.2 cm³/mol. The Hall–Kier alpha value is -3.06. The number of rotatable bonds is 6. The third kappa shape index (κ3) is 4.97.